The third-order valence-electron chi connectivity index (χ3n) is 3.68. The molecule has 1 heterocycles. The molecule has 1 saturated carbocycles. The van der Waals surface area contributed by atoms with Gasteiger partial charge < -0.3 is 10.2 Å². The summed E-state index contributed by atoms with van der Waals surface area (Å²) in [6.07, 6.45) is 6.07. The van der Waals surface area contributed by atoms with Crippen molar-refractivity contribution in [2.75, 3.05) is 6.54 Å². The molecule has 2 rings (SSSR count). The Morgan fingerprint density at radius 1 is 1.27 bits per heavy atom. The molecule has 0 aromatic carbocycles. The fourth-order valence-corrected chi connectivity index (χ4v) is 2.43. The van der Waals surface area contributed by atoms with Gasteiger partial charge in [-0.3, -0.25) is 0 Å². The highest BCUT2D eigenvalue weighted by Gasteiger charge is 2.37. The van der Waals surface area contributed by atoms with E-state index in [-0.39, 0.29) is 5.41 Å². The minimum absolute atomic E-state index is 0.0251. The zero-order valence-electron chi connectivity index (χ0n) is 9.68. The van der Waals surface area contributed by atoms with Gasteiger partial charge in [-0.05, 0) is 26.7 Å². The lowest BCUT2D eigenvalue weighted by atomic mass is 9.74. The van der Waals surface area contributed by atoms with Crippen LogP contribution in [0, 0.1) is 13.8 Å². The number of nitrogens with two attached hydrogens (primary N) is 1. The topological polar surface area (TPSA) is 52.0 Å². The Kier molecular flexibility index (Phi) is 2.83. The van der Waals surface area contributed by atoms with Crippen molar-refractivity contribution >= 4 is 0 Å². The first-order valence-electron chi connectivity index (χ1n) is 5.82. The normalized spacial score (nSPS) is 20.5. The van der Waals surface area contributed by atoms with Gasteiger partial charge in [-0.2, -0.15) is 0 Å². The molecule has 0 bridgehead atoms. The highest BCUT2D eigenvalue weighted by molar-refractivity contribution is 5.14. The summed E-state index contributed by atoms with van der Waals surface area (Å²) in [6, 6.07) is 0. The summed E-state index contributed by atoms with van der Waals surface area (Å²) >= 11 is 0. The Hall–Kier alpha value is -0.830. The first-order chi connectivity index (χ1) is 7.18. The molecule has 1 aliphatic carbocycles. The van der Waals surface area contributed by atoms with Crippen LogP contribution >= 0.6 is 0 Å². The molecule has 0 amide bonds. The lowest BCUT2D eigenvalue weighted by Gasteiger charge is -2.32. The average molecular weight is 208 g/mol. The van der Waals surface area contributed by atoms with E-state index in [1.807, 2.05) is 13.8 Å². The Morgan fingerprint density at radius 2 is 1.93 bits per heavy atom. The summed E-state index contributed by atoms with van der Waals surface area (Å²) in [4.78, 5) is 4.53. The summed E-state index contributed by atoms with van der Waals surface area (Å²) in [6.45, 7) is 4.63. The second-order valence-corrected chi connectivity index (χ2v) is 4.71. The van der Waals surface area contributed by atoms with E-state index in [0.29, 0.717) is 6.54 Å². The second kappa shape index (κ2) is 3.97. The van der Waals surface area contributed by atoms with E-state index in [1.54, 1.807) is 0 Å². The van der Waals surface area contributed by atoms with Gasteiger partial charge in [-0.25, -0.2) is 4.98 Å². The molecule has 2 N–H and O–H groups in total. The summed E-state index contributed by atoms with van der Waals surface area (Å²) in [5.41, 5.74) is 6.96. The predicted molar refractivity (Wildman–Crippen MR) is 59.8 cm³/mol. The molecule has 0 saturated heterocycles. The number of aromatic nitrogens is 1. The Morgan fingerprint density at radius 3 is 2.40 bits per heavy atom. The maximum Gasteiger partial charge on any atom is 0.202 e. The van der Waals surface area contributed by atoms with Crippen LogP contribution in [0.2, 0.25) is 0 Å². The molecule has 84 valence electrons. The van der Waals surface area contributed by atoms with Gasteiger partial charge >= 0.3 is 0 Å². The lowest BCUT2D eigenvalue weighted by molar-refractivity contribution is 0.239. The highest BCUT2D eigenvalue weighted by atomic mass is 16.4. The van der Waals surface area contributed by atoms with Crippen LogP contribution in [0.5, 0.6) is 0 Å². The number of oxazole rings is 1. The van der Waals surface area contributed by atoms with Crippen molar-refractivity contribution in [1.29, 1.82) is 0 Å². The Labute approximate surface area is 91.1 Å². The predicted octanol–water partition coefficient (Wildman–Crippen LogP) is 2.45. The van der Waals surface area contributed by atoms with Crippen LogP contribution in [0.1, 0.15) is 49.4 Å². The number of nitrogens with zero attached hydrogens (tertiary/aromatic N) is 1. The standard InChI is InChI=1S/C12H20N2O/c1-9-10(2)15-11(14-9)12(8-13)6-4-3-5-7-12/h3-8,13H2,1-2H3. The summed E-state index contributed by atoms with van der Waals surface area (Å²) in [7, 11) is 0. The fourth-order valence-electron chi connectivity index (χ4n) is 2.43. The van der Waals surface area contributed by atoms with Crippen LogP contribution < -0.4 is 5.73 Å². The van der Waals surface area contributed by atoms with Crippen molar-refractivity contribution in [3.05, 3.63) is 17.3 Å². The van der Waals surface area contributed by atoms with Gasteiger partial charge in [0.25, 0.3) is 0 Å². The molecule has 3 nitrogen and oxygen atoms in total. The number of aryl methyl sites for hydroxylation is 2. The SMILES string of the molecule is Cc1nc(C2(CN)CCCCC2)oc1C. The van der Waals surface area contributed by atoms with Gasteiger partial charge in [-0.15, -0.1) is 0 Å². The molecule has 1 aromatic rings. The lowest BCUT2D eigenvalue weighted by Crippen LogP contribution is -2.37. The van der Waals surface area contributed by atoms with Crippen LogP contribution in [-0.4, -0.2) is 11.5 Å². The van der Waals surface area contributed by atoms with Crippen molar-refractivity contribution < 1.29 is 4.42 Å². The highest BCUT2D eigenvalue weighted by Crippen LogP contribution is 2.38. The van der Waals surface area contributed by atoms with Crippen LogP contribution in [0.4, 0.5) is 0 Å². The van der Waals surface area contributed by atoms with Gasteiger partial charge in [0.1, 0.15) is 5.76 Å². The van der Waals surface area contributed by atoms with Gasteiger partial charge in [0.05, 0.1) is 11.1 Å². The van der Waals surface area contributed by atoms with E-state index in [1.165, 1.54) is 19.3 Å². The third kappa shape index (κ3) is 1.81. The van der Waals surface area contributed by atoms with Crippen LogP contribution in [0.3, 0.4) is 0 Å². The van der Waals surface area contributed by atoms with E-state index >= 15 is 0 Å². The van der Waals surface area contributed by atoms with Crippen LogP contribution in [0.15, 0.2) is 4.42 Å². The molecule has 0 radical (unpaired) electrons. The summed E-state index contributed by atoms with van der Waals surface area (Å²) in [5.74, 6) is 1.81. The monoisotopic (exact) mass is 208 g/mol. The van der Waals surface area contributed by atoms with Gasteiger partial charge in [0.2, 0.25) is 5.89 Å². The molecule has 1 fully saturated rings. The molecule has 1 aliphatic rings. The minimum Gasteiger partial charge on any atom is -0.445 e. The smallest absolute Gasteiger partial charge is 0.202 e. The van der Waals surface area contributed by atoms with Crippen LogP contribution in [0.25, 0.3) is 0 Å². The molecule has 3 heteroatoms. The first kappa shape index (κ1) is 10.7. The third-order valence-corrected chi connectivity index (χ3v) is 3.68. The zero-order valence-corrected chi connectivity index (χ0v) is 9.68. The minimum atomic E-state index is 0.0251. The quantitative estimate of drug-likeness (QED) is 0.812. The summed E-state index contributed by atoms with van der Waals surface area (Å²) in [5, 5.41) is 0. The van der Waals surface area contributed by atoms with Gasteiger partial charge in [0, 0.05) is 6.54 Å². The maximum atomic E-state index is 5.93. The largest absolute Gasteiger partial charge is 0.445 e. The molecular weight excluding hydrogens is 188 g/mol. The van der Waals surface area contributed by atoms with Gasteiger partial charge in [-0.1, -0.05) is 19.3 Å². The Balaban J connectivity index is 2.32. The van der Waals surface area contributed by atoms with Crippen molar-refractivity contribution in [2.24, 2.45) is 5.73 Å². The average Bonchev–Trinajstić information content (AvgIpc) is 2.61. The van der Waals surface area contributed by atoms with E-state index in [9.17, 15) is 0 Å². The van der Waals surface area contributed by atoms with Crippen molar-refractivity contribution in [3.63, 3.8) is 0 Å². The number of rotatable bonds is 2. The molecule has 0 unspecified atom stereocenters. The van der Waals surface area contributed by atoms with Crippen LogP contribution in [-0.2, 0) is 5.41 Å². The molecule has 0 atom stereocenters. The maximum absolute atomic E-state index is 5.93. The summed E-state index contributed by atoms with van der Waals surface area (Å²) < 4.78 is 5.76. The van der Waals surface area contributed by atoms with Crippen molar-refractivity contribution in [1.82, 2.24) is 4.98 Å². The van der Waals surface area contributed by atoms with E-state index < -0.39 is 0 Å². The second-order valence-electron chi connectivity index (χ2n) is 4.71. The molecule has 1 aromatic heterocycles. The molecule has 0 spiro atoms. The van der Waals surface area contributed by atoms with E-state index in [0.717, 1.165) is 30.2 Å². The van der Waals surface area contributed by atoms with E-state index in [2.05, 4.69) is 4.98 Å². The van der Waals surface area contributed by atoms with Crippen molar-refractivity contribution in [3.8, 4) is 0 Å². The number of hydrogen-bond donors (Lipinski definition) is 1. The fraction of sp³-hybridized carbons (Fsp3) is 0.750. The number of hydrogen-bond acceptors (Lipinski definition) is 3. The van der Waals surface area contributed by atoms with E-state index in [4.69, 9.17) is 10.2 Å². The molecule has 0 aliphatic heterocycles. The first-order valence-corrected chi connectivity index (χ1v) is 5.82. The molecular formula is C12H20N2O. The molecule has 15 heavy (non-hydrogen) atoms. The Bertz CT molecular complexity index is 318. The van der Waals surface area contributed by atoms with Crippen molar-refractivity contribution in [2.45, 2.75) is 51.4 Å². The van der Waals surface area contributed by atoms with Gasteiger partial charge in [0.15, 0.2) is 0 Å². The zero-order chi connectivity index (χ0) is 10.9.